The van der Waals surface area contributed by atoms with Gasteiger partial charge < -0.3 is 31.3 Å². The highest BCUT2D eigenvalue weighted by atomic mass is 16.3. The zero-order chi connectivity index (χ0) is 28.4. The van der Waals surface area contributed by atoms with Crippen molar-refractivity contribution in [1.29, 1.82) is 0 Å². The molecule has 6 N–H and O–H groups in total. The van der Waals surface area contributed by atoms with Gasteiger partial charge in [0, 0.05) is 24.5 Å². The van der Waals surface area contributed by atoms with Crippen molar-refractivity contribution in [3.8, 4) is 5.75 Å². The number of amides is 1. The number of likely N-dealkylation sites (N-methyl/N-ethyl adjacent to an activating group) is 1. The van der Waals surface area contributed by atoms with Crippen LogP contribution < -0.4 is 11.1 Å². The molecule has 1 amide bonds. The first-order valence-corrected chi connectivity index (χ1v) is 13.9. The summed E-state index contributed by atoms with van der Waals surface area (Å²) in [6.45, 7) is 2.78. The lowest BCUT2D eigenvalue weighted by atomic mass is 9.52. The van der Waals surface area contributed by atoms with Crippen LogP contribution in [-0.2, 0) is 27.3 Å². The molecule has 5 rings (SSSR count). The van der Waals surface area contributed by atoms with Crippen LogP contribution >= 0.6 is 0 Å². The van der Waals surface area contributed by atoms with Crippen molar-refractivity contribution in [2.45, 2.75) is 75.8 Å². The molecule has 0 aliphatic heterocycles. The third-order valence-corrected chi connectivity index (χ3v) is 9.87. The Balaban J connectivity index is 1.50. The van der Waals surface area contributed by atoms with Gasteiger partial charge in [-0.05, 0) is 81.6 Å². The van der Waals surface area contributed by atoms with Crippen LogP contribution in [0.3, 0.4) is 0 Å². The zero-order valence-corrected chi connectivity index (χ0v) is 22.7. The maximum atomic E-state index is 13.9. The second-order valence-electron chi connectivity index (χ2n) is 12.4. The van der Waals surface area contributed by atoms with E-state index >= 15 is 0 Å². The molecule has 1 aromatic carbocycles. The van der Waals surface area contributed by atoms with Gasteiger partial charge in [-0.2, -0.15) is 0 Å². The molecule has 0 bridgehead atoms. The molecule has 10 heteroatoms. The van der Waals surface area contributed by atoms with Crippen LogP contribution in [0.1, 0.15) is 60.5 Å². The summed E-state index contributed by atoms with van der Waals surface area (Å²) >= 11 is 0. The Labute approximate surface area is 227 Å². The molecule has 0 saturated heterocycles. The highest BCUT2D eigenvalue weighted by Gasteiger charge is 2.69. The maximum Gasteiger partial charge on any atom is 0.230 e. The molecular weight excluding hydrogens is 502 g/mol. The van der Waals surface area contributed by atoms with Crippen LogP contribution in [0.25, 0.3) is 0 Å². The number of hydrogen-bond acceptors (Lipinski definition) is 9. The molecule has 3 fully saturated rings. The number of phenols is 1. The van der Waals surface area contributed by atoms with E-state index in [0.29, 0.717) is 24.6 Å². The lowest BCUT2D eigenvalue weighted by Crippen LogP contribution is -2.75. The van der Waals surface area contributed by atoms with Crippen molar-refractivity contribution in [2.75, 3.05) is 14.1 Å². The van der Waals surface area contributed by atoms with E-state index in [-0.39, 0.29) is 17.7 Å². The first-order chi connectivity index (χ1) is 18.4. The Morgan fingerprint density at radius 2 is 1.79 bits per heavy atom. The van der Waals surface area contributed by atoms with E-state index in [1.807, 2.05) is 0 Å². The van der Waals surface area contributed by atoms with Crippen molar-refractivity contribution >= 4 is 23.3 Å². The molecule has 39 heavy (non-hydrogen) atoms. The number of primary amides is 1. The molecule has 3 saturated carbocycles. The number of nitrogens with one attached hydrogen (secondary N) is 1. The second kappa shape index (κ2) is 10.1. The predicted molar refractivity (Wildman–Crippen MR) is 141 cm³/mol. The van der Waals surface area contributed by atoms with Gasteiger partial charge in [0.1, 0.15) is 11.7 Å². The van der Waals surface area contributed by atoms with Crippen LogP contribution in [-0.4, -0.2) is 81.4 Å². The molecular formula is C29H39N3O7. The lowest BCUT2D eigenvalue weighted by Gasteiger charge is -2.54. The summed E-state index contributed by atoms with van der Waals surface area (Å²) in [5, 5.41) is 37.0. The van der Waals surface area contributed by atoms with Crippen LogP contribution in [0.15, 0.2) is 12.1 Å². The number of hydrogen-bond donors (Lipinski definition) is 5. The number of nitrogens with zero attached hydrogens (tertiary/aromatic N) is 1. The molecule has 3 unspecified atom stereocenters. The number of nitrogens with two attached hydrogens (primary N) is 1. The molecule has 1 aromatic rings. The molecule has 0 spiro atoms. The number of aliphatic hydroxyl groups excluding tert-OH is 1. The summed E-state index contributed by atoms with van der Waals surface area (Å²) in [7, 11) is 3.27. The monoisotopic (exact) mass is 541 g/mol. The number of benzene rings is 1. The van der Waals surface area contributed by atoms with E-state index in [1.54, 1.807) is 25.1 Å². The summed E-state index contributed by atoms with van der Waals surface area (Å²) in [6, 6.07) is 2.72. The first-order valence-electron chi connectivity index (χ1n) is 13.9. The van der Waals surface area contributed by atoms with Gasteiger partial charge in [-0.25, -0.2) is 0 Å². The molecule has 0 radical (unpaired) electrons. The van der Waals surface area contributed by atoms with E-state index in [9.17, 15) is 34.5 Å². The number of ketones is 3. The van der Waals surface area contributed by atoms with Crippen LogP contribution in [0.2, 0.25) is 0 Å². The second-order valence-corrected chi connectivity index (χ2v) is 12.4. The number of aromatic hydroxyl groups is 1. The van der Waals surface area contributed by atoms with Gasteiger partial charge in [-0.1, -0.05) is 13.0 Å². The van der Waals surface area contributed by atoms with Crippen molar-refractivity contribution < 1.29 is 34.5 Å². The first kappa shape index (κ1) is 27.9. The van der Waals surface area contributed by atoms with Crippen molar-refractivity contribution in [2.24, 2.45) is 35.3 Å². The number of carbonyl (C=O) groups excluding carboxylic acids is 4. The SMILES string of the molecule is CC1CCC(NCc2ccc(O)c3c2C[C@@H]2C[C@@H]4[C@@H](N(C)C)C(O)C(C(N)=O)C(=O)[C@]4(O)C(=O)C2C3=O)CC1. The Morgan fingerprint density at radius 3 is 2.41 bits per heavy atom. The third-order valence-electron chi connectivity index (χ3n) is 9.87. The van der Waals surface area contributed by atoms with Gasteiger partial charge >= 0.3 is 0 Å². The van der Waals surface area contributed by atoms with E-state index < -0.39 is 64.7 Å². The van der Waals surface area contributed by atoms with Gasteiger partial charge in [0.2, 0.25) is 5.91 Å². The van der Waals surface area contributed by atoms with Gasteiger partial charge in [0.05, 0.1) is 17.6 Å². The Hall–Kier alpha value is -2.66. The number of fused-ring (bicyclic) bond motifs is 3. The smallest absolute Gasteiger partial charge is 0.230 e. The largest absolute Gasteiger partial charge is 0.507 e. The highest BCUT2D eigenvalue weighted by Crippen LogP contribution is 2.51. The van der Waals surface area contributed by atoms with Crippen LogP contribution in [0.5, 0.6) is 5.75 Å². The van der Waals surface area contributed by atoms with E-state index in [2.05, 4.69) is 12.2 Å². The number of carbonyl (C=O) groups is 4. The fraction of sp³-hybridized carbons (Fsp3) is 0.655. The van der Waals surface area contributed by atoms with Gasteiger partial charge in [-0.3, -0.25) is 19.2 Å². The fourth-order valence-electron chi connectivity index (χ4n) is 7.77. The number of Topliss-reactive ketones (excluding diaryl/α,β-unsaturated/α-hetero) is 3. The minimum absolute atomic E-state index is 0.0575. The molecule has 0 heterocycles. The number of rotatable bonds is 5. The summed E-state index contributed by atoms with van der Waals surface area (Å²) in [5.74, 6) is -8.10. The molecule has 4 aliphatic rings. The zero-order valence-electron chi connectivity index (χ0n) is 22.7. The van der Waals surface area contributed by atoms with Gasteiger partial charge in [-0.15, -0.1) is 0 Å². The highest BCUT2D eigenvalue weighted by molar-refractivity contribution is 6.25. The summed E-state index contributed by atoms with van der Waals surface area (Å²) in [6.07, 6.45) is 3.39. The molecule has 7 atom stereocenters. The summed E-state index contributed by atoms with van der Waals surface area (Å²) in [5.41, 5.74) is 4.38. The Morgan fingerprint density at radius 1 is 1.13 bits per heavy atom. The molecule has 212 valence electrons. The Bertz CT molecular complexity index is 1210. The predicted octanol–water partition coefficient (Wildman–Crippen LogP) is 0.327. The number of aliphatic hydroxyl groups is 2. The minimum Gasteiger partial charge on any atom is -0.507 e. The van der Waals surface area contributed by atoms with E-state index in [0.717, 1.165) is 37.2 Å². The fourth-order valence-corrected chi connectivity index (χ4v) is 7.77. The Kier molecular flexibility index (Phi) is 7.20. The summed E-state index contributed by atoms with van der Waals surface area (Å²) < 4.78 is 0. The van der Waals surface area contributed by atoms with Crippen LogP contribution in [0, 0.1) is 29.6 Å². The van der Waals surface area contributed by atoms with E-state index in [4.69, 9.17) is 5.73 Å². The lowest BCUT2D eigenvalue weighted by molar-refractivity contribution is -0.190. The normalized spacial score (nSPS) is 38.3. The molecule has 10 nitrogen and oxygen atoms in total. The standard InChI is InChI=1S/C29H39N3O7/c1-13-4-7-16(8-5-13)31-12-14-6-9-19(33)21-17(14)10-15-11-18-23(32(2)3)25(35)22(28(30)38)27(37)29(18,39)26(36)20(15)24(21)34/h6,9,13,15-16,18,20,22-23,25,31,33,35,39H,4-5,7-8,10-12H2,1-3H3,(H2,30,38)/t13?,15-,16?,18-,20?,22?,23-,25?,29-/m1/s1. The minimum atomic E-state index is -2.64. The topological polar surface area (TPSA) is 170 Å². The number of phenolic OH excluding ortho intramolecular Hbond substituents is 1. The molecule has 0 aromatic heterocycles. The quantitative estimate of drug-likeness (QED) is 0.330. The van der Waals surface area contributed by atoms with Crippen LogP contribution in [0.4, 0.5) is 0 Å². The van der Waals surface area contributed by atoms with E-state index in [1.165, 1.54) is 6.07 Å². The average Bonchev–Trinajstić information content (AvgIpc) is 2.86. The van der Waals surface area contributed by atoms with Crippen molar-refractivity contribution in [1.82, 2.24) is 10.2 Å². The van der Waals surface area contributed by atoms with Gasteiger partial charge in [0.25, 0.3) is 0 Å². The summed E-state index contributed by atoms with van der Waals surface area (Å²) in [4.78, 5) is 54.9. The molecule has 4 aliphatic carbocycles. The third kappa shape index (κ3) is 4.32. The van der Waals surface area contributed by atoms with Gasteiger partial charge in [0.15, 0.2) is 23.0 Å². The van der Waals surface area contributed by atoms with Crippen molar-refractivity contribution in [3.05, 3.63) is 28.8 Å². The maximum absolute atomic E-state index is 13.9. The average molecular weight is 542 g/mol. The van der Waals surface area contributed by atoms with Crippen molar-refractivity contribution in [3.63, 3.8) is 0 Å².